The second-order valence-electron chi connectivity index (χ2n) is 8.65. The molecule has 4 nitrogen and oxygen atoms in total. The van der Waals surface area contributed by atoms with Gasteiger partial charge in [-0.3, -0.25) is 0 Å². The van der Waals surface area contributed by atoms with Crippen molar-refractivity contribution in [1.29, 1.82) is 0 Å². The van der Waals surface area contributed by atoms with E-state index in [0.29, 0.717) is 42.6 Å². The minimum absolute atomic E-state index is 0.112. The molecule has 0 unspecified atom stereocenters. The Bertz CT molecular complexity index is 1260. The van der Waals surface area contributed by atoms with Gasteiger partial charge in [-0.05, 0) is 59.9 Å². The van der Waals surface area contributed by atoms with Gasteiger partial charge in [0.1, 0.15) is 17.4 Å². The number of benzene rings is 3. The lowest BCUT2D eigenvalue weighted by molar-refractivity contribution is -0.0498. The van der Waals surface area contributed by atoms with Crippen molar-refractivity contribution in [3.8, 4) is 11.5 Å². The molecule has 0 aliphatic carbocycles. The third-order valence-corrected chi connectivity index (χ3v) is 6.02. The maximum Gasteiger partial charge on any atom is 0.387 e. The first-order valence-corrected chi connectivity index (χ1v) is 12.2. The molecule has 36 heavy (non-hydrogen) atoms. The predicted octanol–water partition coefficient (Wildman–Crippen LogP) is 7.12. The van der Waals surface area contributed by atoms with Crippen molar-refractivity contribution >= 4 is 10.8 Å². The molecule has 0 N–H and O–H groups in total. The predicted molar refractivity (Wildman–Crippen MR) is 134 cm³/mol. The fourth-order valence-electron chi connectivity index (χ4n) is 3.99. The summed E-state index contributed by atoms with van der Waals surface area (Å²) >= 11 is 0. The number of fused-ring (bicyclic) bond motifs is 1. The number of hydrogen-bond acceptors (Lipinski definition) is 4. The summed E-state index contributed by atoms with van der Waals surface area (Å²) in [5, 5.41) is 1.43. The highest BCUT2D eigenvalue weighted by Gasteiger charge is 2.10. The molecule has 0 radical (unpaired) electrons. The Kier molecular flexibility index (Phi) is 8.76. The van der Waals surface area contributed by atoms with Crippen LogP contribution < -0.4 is 9.47 Å². The van der Waals surface area contributed by atoms with E-state index >= 15 is 4.39 Å². The highest BCUT2D eigenvalue weighted by atomic mass is 19.3. The first-order chi connectivity index (χ1) is 17.5. The maximum absolute atomic E-state index is 15.2. The van der Waals surface area contributed by atoms with E-state index in [4.69, 9.17) is 4.74 Å². The molecule has 4 rings (SSSR count). The number of ether oxygens (including phenoxy) is 2. The van der Waals surface area contributed by atoms with Crippen LogP contribution in [0.5, 0.6) is 11.5 Å². The fraction of sp³-hybridized carbons (Fsp3) is 0.310. The van der Waals surface area contributed by atoms with Crippen LogP contribution >= 0.6 is 0 Å². The lowest BCUT2D eigenvalue weighted by atomic mass is 9.98. The van der Waals surface area contributed by atoms with Crippen molar-refractivity contribution < 1.29 is 22.6 Å². The van der Waals surface area contributed by atoms with Crippen LogP contribution in [-0.2, 0) is 25.7 Å². The zero-order chi connectivity index (χ0) is 25.3. The van der Waals surface area contributed by atoms with Crippen molar-refractivity contribution in [2.45, 2.75) is 52.1 Å². The SMILES string of the molecule is CCCCOc1cnc(CCc2ccc3c(F)c(CCc4ccc(OC(F)F)cc4)ccc3c2)nc1. The Balaban J connectivity index is 1.35. The Labute approximate surface area is 209 Å². The Morgan fingerprint density at radius 1 is 0.806 bits per heavy atom. The minimum Gasteiger partial charge on any atom is -0.490 e. The van der Waals surface area contributed by atoms with Gasteiger partial charge in [-0.25, -0.2) is 14.4 Å². The summed E-state index contributed by atoms with van der Waals surface area (Å²) < 4.78 is 49.7. The second-order valence-corrected chi connectivity index (χ2v) is 8.65. The normalized spacial score (nSPS) is 11.2. The van der Waals surface area contributed by atoms with Gasteiger partial charge < -0.3 is 9.47 Å². The van der Waals surface area contributed by atoms with E-state index in [2.05, 4.69) is 21.6 Å². The standard InChI is InChI=1S/C29H29F3N2O2/c1-2-3-16-35-25-18-33-27(34-19-25)15-8-21-7-14-26-23(17-21)11-10-22(28(26)30)9-4-20-5-12-24(13-6-20)36-29(31)32/h5-7,10-14,17-19,29H,2-4,8-9,15-16H2,1H3. The quantitative estimate of drug-likeness (QED) is 0.197. The lowest BCUT2D eigenvalue weighted by Crippen LogP contribution is -2.02. The number of halogens is 3. The number of aromatic nitrogens is 2. The summed E-state index contributed by atoms with van der Waals surface area (Å²) in [6, 6.07) is 16.0. The molecule has 0 amide bonds. The highest BCUT2D eigenvalue weighted by Crippen LogP contribution is 2.25. The maximum atomic E-state index is 15.2. The second kappa shape index (κ2) is 12.4. The summed E-state index contributed by atoms with van der Waals surface area (Å²) in [5.74, 6) is 1.32. The van der Waals surface area contributed by atoms with Gasteiger partial charge in [-0.15, -0.1) is 0 Å². The first-order valence-electron chi connectivity index (χ1n) is 12.2. The van der Waals surface area contributed by atoms with Crippen molar-refractivity contribution in [3.63, 3.8) is 0 Å². The van der Waals surface area contributed by atoms with Crippen LogP contribution in [0.4, 0.5) is 13.2 Å². The summed E-state index contributed by atoms with van der Waals surface area (Å²) in [7, 11) is 0. The van der Waals surface area contributed by atoms with Crippen LogP contribution in [0.25, 0.3) is 10.8 Å². The van der Waals surface area contributed by atoms with E-state index in [9.17, 15) is 8.78 Å². The molecule has 1 aromatic heterocycles. The van der Waals surface area contributed by atoms with Crippen molar-refractivity contribution in [3.05, 3.63) is 95.3 Å². The van der Waals surface area contributed by atoms with Crippen LogP contribution in [0.15, 0.2) is 67.0 Å². The molecule has 0 aliphatic rings. The number of nitrogens with zero attached hydrogens (tertiary/aromatic N) is 2. The summed E-state index contributed by atoms with van der Waals surface area (Å²) in [6.07, 6.45) is 8.03. The molecule has 1 heterocycles. The highest BCUT2D eigenvalue weighted by molar-refractivity contribution is 5.84. The molecular weight excluding hydrogens is 465 g/mol. The van der Waals surface area contributed by atoms with Crippen LogP contribution in [0.3, 0.4) is 0 Å². The topological polar surface area (TPSA) is 44.2 Å². The number of alkyl halides is 2. The molecule has 0 saturated heterocycles. The van der Waals surface area contributed by atoms with Crippen LogP contribution in [0.1, 0.15) is 42.3 Å². The van der Waals surface area contributed by atoms with Gasteiger partial charge in [0.2, 0.25) is 0 Å². The first kappa shape index (κ1) is 25.5. The zero-order valence-corrected chi connectivity index (χ0v) is 20.2. The van der Waals surface area contributed by atoms with E-state index in [0.717, 1.165) is 41.6 Å². The average Bonchev–Trinajstić information content (AvgIpc) is 2.88. The largest absolute Gasteiger partial charge is 0.490 e. The minimum atomic E-state index is -2.85. The average molecular weight is 495 g/mol. The Morgan fingerprint density at radius 3 is 2.25 bits per heavy atom. The molecule has 0 bridgehead atoms. The molecule has 188 valence electrons. The zero-order valence-electron chi connectivity index (χ0n) is 20.2. The number of aryl methyl sites for hydroxylation is 4. The van der Waals surface area contributed by atoms with Gasteiger partial charge in [0.15, 0.2) is 5.75 Å². The van der Waals surface area contributed by atoms with Crippen LogP contribution in [0, 0.1) is 5.82 Å². The van der Waals surface area contributed by atoms with Gasteiger partial charge in [0, 0.05) is 11.8 Å². The molecule has 0 atom stereocenters. The molecule has 4 aromatic rings. The van der Waals surface area contributed by atoms with Crippen molar-refractivity contribution in [1.82, 2.24) is 9.97 Å². The Hall–Kier alpha value is -3.61. The molecule has 0 fully saturated rings. The van der Waals surface area contributed by atoms with Gasteiger partial charge in [0.25, 0.3) is 0 Å². The number of rotatable bonds is 12. The molecule has 0 saturated carbocycles. The van der Waals surface area contributed by atoms with Gasteiger partial charge in [-0.2, -0.15) is 8.78 Å². The van der Waals surface area contributed by atoms with Gasteiger partial charge >= 0.3 is 6.61 Å². The van der Waals surface area contributed by atoms with E-state index in [1.54, 1.807) is 24.5 Å². The fourth-order valence-corrected chi connectivity index (χ4v) is 3.99. The third-order valence-electron chi connectivity index (χ3n) is 6.02. The van der Waals surface area contributed by atoms with Crippen LogP contribution in [0.2, 0.25) is 0 Å². The summed E-state index contributed by atoms with van der Waals surface area (Å²) in [4.78, 5) is 8.77. The summed E-state index contributed by atoms with van der Waals surface area (Å²) in [6.45, 7) is -0.0662. The van der Waals surface area contributed by atoms with Crippen molar-refractivity contribution in [2.24, 2.45) is 0 Å². The van der Waals surface area contributed by atoms with E-state index in [-0.39, 0.29) is 11.6 Å². The number of unbranched alkanes of at least 4 members (excludes halogenated alkanes) is 1. The monoisotopic (exact) mass is 494 g/mol. The lowest BCUT2D eigenvalue weighted by Gasteiger charge is -2.10. The van der Waals surface area contributed by atoms with Crippen molar-refractivity contribution in [2.75, 3.05) is 6.61 Å². The summed E-state index contributed by atoms with van der Waals surface area (Å²) in [5.41, 5.74) is 2.64. The number of hydrogen-bond donors (Lipinski definition) is 0. The van der Waals surface area contributed by atoms with E-state index in [1.165, 1.54) is 12.1 Å². The molecular formula is C29H29F3N2O2. The van der Waals surface area contributed by atoms with Gasteiger partial charge in [0.05, 0.1) is 19.0 Å². The van der Waals surface area contributed by atoms with Crippen LogP contribution in [-0.4, -0.2) is 23.2 Å². The van der Waals surface area contributed by atoms with E-state index < -0.39 is 6.61 Å². The van der Waals surface area contributed by atoms with Gasteiger partial charge in [-0.1, -0.05) is 55.8 Å². The van der Waals surface area contributed by atoms with E-state index in [1.807, 2.05) is 30.3 Å². The molecule has 7 heteroatoms. The third kappa shape index (κ3) is 6.97. The molecule has 0 aliphatic heterocycles. The molecule has 0 spiro atoms. The Morgan fingerprint density at radius 2 is 1.53 bits per heavy atom. The smallest absolute Gasteiger partial charge is 0.387 e. The molecule has 3 aromatic carbocycles.